The maximum Gasteiger partial charge on any atom is 0.140 e. The summed E-state index contributed by atoms with van der Waals surface area (Å²) >= 11 is 2.27. The Morgan fingerprint density at radius 1 is 1.25 bits per heavy atom. The zero-order valence-corrected chi connectivity index (χ0v) is 11.3. The van der Waals surface area contributed by atoms with Crippen molar-refractivity contribution in [3.05, 3.63) is 44.9 Å². The number of rotatable bonds is 3. The monoisotopic (exact) mass is 329 g/mol. The Morgan fingerprint density at radius 2 is 1.94 bits per heavy atom. The standard InChI is InChI=1S/C12H12INO2/c1-8-12(9(2)16-14-8)7-15-11-5-3-10(13)4-6-11/h3-6H,7H2,1-2H3. The first-order chi connectivity index (χ1) is 7.66. The lowest BCUT2D eigenvalue weighted by atomic mass is 10.2. The molecule has 0 amide bonds. The van der Waals surface area contributed by atoms with Gasteiger partial charge < -0.3 is 9.26 Å². The average Bonchev–Trinajstić information content (AvgIpc) is 2.59. The third-order valence-electron chi connectivity index (χ3n) is 2.38. The predicted molar refractivity (Wildman–Crippen MR) is 69.5 cm³/mol. The molecule has 1 aromatic carbocycles. The van der Waals surface area contributed by atoms with Crippen LogP contribution in [-0.4, -0.2) is 5.16 Å². The fourth-order valence-corrected chi connectivity index (χ4v) is 1.75. The zero-order chi connectivity index (χ0) is 11.5. The van der Waals surface area contributed by atoms with Crippen molar-refractivity contribution in [3.8, 4) is 5.75 Å². The number of ether oxygens (including phenoxy) is 1. The highest BCUT2D eigenvalue weighted by Gasteiger charge is 2.09. The Balaban J connectivity index is 2.05. The van der Waals surface area contributed by atoms with Gasteiger partial charge in [0.1, 0.15) is 18.1 Å². The Labute approximate surface area is 108 Å². The summed E-state index contributed by atoms with van der Waals surface area (Å²) in [7, 11) is 0. The molecule has 0 atom stereocenters. The zero-order valence-electron chi connectivity index (χ0n) is 9.16. The quantitative estimate of drug-likeness (QED) is 0.809. The molecule has 2 aromatic rings. The first-order valence-corrected chi connectivity index (χ1v) is 6.05. The number of aromatic nitrogens is 1. The minimum atomic E-state index is 0.502. The van der Waals surface area contributed by atoms with Crippen molar-refractivity contribution in [2.75, 3.05) is 0 Å². The molecule has 0 aliphatic heterocycles. The van der Waals surface area contributed by atoms with E-state index in [0.717, 1.165) is 22.8 Å². The lowest BCUT2D eigenvalue weighted by Gasteiger charge is -2.05. The van der Waals surface area contributed by atoms with Crippen LogP contribution < -0.4 is 4.74 Å². The maximum absolute atomic E-state index is 5.66. The molecule has 4 heteroatoms. The Bertz CT molecular complexity index is 457. The lowest BCUT2D eigenvalue weighted by molar-refractivity contribution is 0.301. The number of halogens is 1. The first-order valence-electron chi connectivity index (χ1n) is 4.97. The van der Waals surface area contributed by atoms with Crippen LogP contribution in [0, 0.1) is 17.4 Å². The molecule has 1 aromatic heterocycles. The van der Waals surface area contributed by atoms with Gasteiger partial charge in [-0.05, 0) is 60.7 Å². The first kappa shape index (κ1) is 11.4. The lowest BCUT2D eigenvalue weighted by Crippen LogP contribution is -1.97. The van der Waals surface area contributed by atoms with Crippen LogP contribution in [0.5, 0.6) is 5.75 Å². The van der Waals surface area contributed by atoms with Gasteiger partial charge in [0.2, 0.25) is 0 Å². The highest BCUT2D eigenvalue weighted by atomic mass is 127. The van der Waals surface area contributed by atoms with Gasteiger partial charge in [-0.1, -0.05) is 5.16 Å². The molecule has 0 radical (unpaired) electrons. The minimum absolute atomic E-state index is 0.502. The molecular weight excluding hydrogens is 317 g/mol. The molecule has 0 bridgehead atoms. The number of hydrogen-bond donors (Lipinski definition) is 0. The topological polar surface area (TPSA) is 35.3 Å². The molecular formula is C12H12INO2. The SMILES string of the molecule is Cc1noc(C)c1COc1ccc(I)cc1. The van der Waals surface area contributed by atoms with Crippen LogP contribution in [-0.2, 0) is 6.61 Å². The smallest absolute Gasteiger partial charge is 0.140 e. The van der Waals surface area contributed by atoms with E-state index >= 15 is 0 Å². The molecule has 84 valence electrons. The molecule has 1 heterocycles. The summed E-state index contributed by atoms with van der Waals surface area (Å²) in [6.45, 7) is 4.32. The van der Waals surface area contributed by atoms with Crippen molar-refractivity contribution in [2.24, 2.45) is 0 Å². The molecule has 16 heavy (non-hydrogen) atoms. The van der Waals surface area contributed by atoms with E-state index < -0.39 is 0 Å². The van der Waals surface area contributed by atoms with Gasteiger partial charge in [-0.3, -0.25) is 0 Å². The fourth-order valence-electron chi connectivity index (χ4n) is 1.39. The molecule has 0 aliphatic rings. The average molecular weight is 329 g/mol. The van der Waals surface area contributed by atoms with E-state index in [1.165, 1.54) is 3.57 Å². The van der Waals surface area contributed by atoms with Crippen LogP contribution in [0.1, 0.15) is 17.0 Å². The van der Waals surface area contributed by atoms with Gasteiger partial charge in [-0.25, -0.2) is 0 Å². The van der Waals surface area contributed by atoms with Gasteiger partial charge in [0.05, 0.1) is 11.3 Å². The summed E-state index contributed by atoms with van der Waals surface area (Å²) in [5.41, 5.74) is 1.92. The van der Waals surface area contributed by atoms with E-state index in [9.17, 15) is 0 Å². The summed E-state index contributed by atoms with van der Waals surface area (Å²) in [5, 5.41) is 3.89. The van der Waals surface area contributed by atoms with E-state index in [4.69, 9.17) is 9.26 Å². The molecule has 0 spiro atoms. The Morgan fingerprint density at radius 3 is 2.50 bits per heavy atom. The molecule has 0 aliphatic carbocycles. The van der Waals surface area contributed by atoms with Gasteiger partial charge in [0.15, 0.2) is 0 Å². The highest BCUT2D eigenvalue weighted by molar-refractivity contribution is 14.1. The second kappa shape index (κ2) is 4.86. The van der Waals surface area contributed by atoms with Crippen LogP contribution in [0.15, 0.2) is 28.8 Å². The van der Waals surface area contributed by atoms with Crippen LogP contribution in [0.3, 0.4) is 0 Å². The fraction of sp³-hybridized carbons (Fsp3) is 0.250. The van der Waals surface area contributed by atoms with Gasteiger partial charge in [-0.15, -0.1) is 0 Å². The normalized spacial score (nSPS) is 10.4. The van der Waals surface area contributed by atoms with E-state index in [0.29, 0.717) is 6.61 Å². The second-order valence-corrected chi connectivity index (χ2v) is 4.79. The van der Waals surface area contributed by atoms with Crippen LogP contribution in [0.4, 0.5) is 0 Å². The third kappa shape index (κ3) is 2.55. The van der Waals surface area contributed by atoms with Crippen LogP contribution in [0.2, 0.25) is 0 Å². The molecule has 3 nitrogen and oxygen atoms in total. The minimum Gasteiger partial charge on any atom is -0.489 e. The van der Waals surface area contributed by atoms with Crippen molar-refractivity contribution < 1.29 is 9.26 Å². The molecule has 2 rings (SSSR count). The summed E-state index contributed by atoms with van der Waals surface area (Å²) in [6.07, 6.45) is 0. The number of benzene rings is 1. The van der Waals surface area contributed by atoms with Crippen molar-refractivity contribution in [3.63, 3.8) is 0 Å². The Hall–Kier alpha value is -1.04. The summed E-state index contributed by atoms with van der Waals surface area (Å²) in [4.78, 5) is 0. The maximum atomic E-state index is 5.66. The van der Waals surface area contributed by atoms with Crippen molar-refractivity contribution in [1.29, 1.82) is 0 Å². The van der Waals surface area contributed by atoms with E-state index in [2.05, 4.69) is 27.7 Å². The highest BCUT2D eigenvalue weighted by Crippen LogP contribution is 2.18. The summed E-state index contributed by atoms with van der Waals surface area (Å²) in [5.74, 6) is 1.68. The predicted octanol–water partition coefficient (Wildman–Crippen LogP) is 3.48. The van der Waals surface area contributed by atoms with E-state index in [1.807, 2.05) is 38.1 Å². The molecule has 0 N–H and O–H groups in total. The van der Waals surface area contributed by atoms with E-state index in [-0.39, 0.29) is 0 Å². The van der Waals surface area contributed by atoms with Gasteiger partial charge in [0, 0.05) is 3.57 Å². The molecule has 0 saturated carbocycles. The van der Waals surface area contributed by atoms with Crippen molar-refractivity contribution >= 4 is 22.6 Å². The van der Waals surface area contributed by atoms with E-state index in [1.54, 1.807) is 0 Å². The number of hydrogen-bond acceptors (Lipinski definition) is 3. The van der Waals surface area contributed by atoms with Gasteiger partial charge >= 0.3 is 0 Å². The second-order valence-electron chi connectivity index (χ2n) is 3.55. The summed E-state index contributed by atoms with van der Waals surface area (Å²) in [6, 6.07) is 7.95. The van der Waals surface area contributed by atoms with Gasteiger partial charge in [-0.2, -0.15) is 0 Å². The van der Waals surface area contributed by atoms with Crippen LogP contribution >= 0.6 is 22.6 Å². The number of aryl methyl sites for hydroxylation is 2. The molecule has 0 fully saturated rings. The molecule has 0 unspecified atom stereocenters. The largest absolute Gasteiger partial charge is 0.489 e. The Kier molecular flexibility index (Phi) is 3.48. The van der Waals surface area contributed by atoms with Crippen molar-refractivity contribution in [1.82, 2.24) is 5.16 Å². The van der Waals surface area contributed by atoms with Crippen molar-refractivity contribution in [2.45, 2.75) is 20.5 Å². The summed E-state index contributed by atoms with van der Waals surface area (Å²) < 4.78 is 11.9. The van der Waals surface area contributed by atoms with Crippen LogP contribution in [0.25, 0.3) is 0 Å². The van der Waals surface area contributed by atoms with Gasteiger partial charge in [0.25, 0.3) is 0 Å². The third-order valence-corrected chi connectivity index (χ3v) is 3.10. The number of nitrogens with zero attached hydrogens (tertiary/aromatic N) is 1. The molecule has 0 saturated heterocycles.